The van der Waals surface area contributed by atoms with Crippen molar-refractivity contribution < 1.29 is 4.74 Å². The van der Waals surface area contributed by atoms with E-state index in [2.05, 4.69) is 27.1 Å². The van der Waals surface area contributed by atoms with E-state index < -0.39 is 0 Å². The van der Waals surface area contributed by atoms with Crippen LogP contribution in [0.4, 0.5) is 5.95 Å². The van der Waals surface area contributed by atoms with E-state index in [-0.39, 0.29) is 0 Å². The van der Waals surface area contributed by atoms with E-state index in [0.717, 1.165) is 44.9 Å². The van der Waals surface area contributed by atoms with Crippen LogP contribution in [0.1, 0.15) is 26.0 Å². The van der Waals surface area contributed by atoms with Crippen LogP contribution in [0.25, 0.3) is 0 Å². The van der Waals surface area contributed by atoms with Gasteiger partial charge in [-0.1, -0.05) is 0 Å². The normalized spacial score (nSPS) is 21.6. The molecule has 1 unspecified atom stereocenters. The van der Waals surface area contributed by atoms with Crippen molar-refractivity contribution in [2.24, 2.45) is 0 Å². The summed E-state index contributed by atoms with van der Waals surface area (Å²) >= 11 is 0. The molecule has 1 aromatic heterocycles. The number of nitrogens with one attached hydrogen (secondary N) is 1. The van der Waals surface area contributed by atoms with Crippen molar-refractivity contribution in [2.75, 3.05) is 31.6 Å². The van der Waals surface area contributed by atoms with Gasteiger partial charge in [0.05, 0.1) is 11.8 Å². The Labute approximate surface area is 109 Å². The van der Waals surface area contributed by atoms with E-state index in [1.807, 2.05) is 19.2 Å². The summed E-state index contributed by atoms with van der Waals surface area (Å²) in [5, 5.41) is 3.14. The van der Waals surface area contributed by atoms with Crippen LogP contribution < -0.4 is 5.32 Å². The lowest BCUT2D eigenvalue weighted by Gasteiger charge is -2.21. The molecule has 0 amide bonds. The molecular weight excluding hydrogens is 228 g/mol. The monoisotopic (exact) mass is 250 g/mol. The minimum Gasteiger partial charge on any atom is -0.377 e. The van der Waals surface area contributed by atoms with Crippen LogP contribution >= 0.6 is 0 Å². The van der Waals surface area contributed by atoms with Gasteiger partial charge < -0.3 is 10.1 Å². The van der Waals surface area contributed by atoms with Crippen molar-refractivity contribution >= 4 is 5.95 Å². The molecule has 5 nitrogen and oxygen atoms in total. The first-order valence-electron chi connectivity index (χ1n) is 6.67. The summed E-state index contributed by atoms with van der Waals surface area (Å²) in [6, 6.07) is 1.98. The topological polar surface area (TPSA) is 50.3 Å². The largest absolute Gasteiger partial charge is 0.377 e. The standard InChI is InChI=1S/C13H22N4O/c1-3-14-13-15-6-5-12(16-13)10-17-7-4-8-18-11(2)9-17/h5-6,11H,3-4,7-10H2,1-2H3,(H,14,15,16). The van der Waals surface area contributed by atoms with E-state index in [1.54, 1.807) is 0 Å². The summed E-state index contributed by atoms with van der Waals surface area (Å²) in [4.78, 5) is 11.1. The maximum Gasteiger partial charge on any atom is 0.222 e. The maximum atomic E-state index is 5.65. The molecule has 0 radical (unpaired) electrons. The van der Waals surface area contributed by atoms with Crippen molar-refractivity contribution in [3.05, 3.63) is 18.0 Å². The van der Waals surface area contributed by atoms with Crippen LogP contribution in [0.5, 0.6) is 0 Å². The highest BCUT2D eigenvalue weighted by Gasteiger charge is 2.15. The second kappa shape index (κ2) is 6.66. The SMILES string of the molecule is CCNc1nccc(CN2CCCOC(C)C2)n1. The molecule has 1 saturated heterocycles. The van der Waals surface area contributed by atoms with Gasteiger partial charge in [0.15, 0.2) is 0 Å². The molecule has 1 aliphatic rings. The summed E-state index contributed by atoms with van der Waals surface area (Å²) in [7, 11) is 0. The molecule has 1 N–H and O–H groups in total. The molecule has 0 spiro atoms. The minimum absolute atomic E-state index is 0.308. The van der Waals surface area contributed by atoms with Gasteiger partial charge in [-0.2, -0.15) is 0 Å². The zero-order valence-corrected chi connectivity index (χ0v) is 11.2. The molecule has 0 saturated carbocycles. The van der Waals surface area contributed by atoms with E-state index in [0.29, 0.717) is 12.1 Å². The molecule has 0 aromatic carbocycles. The van der Waals surface area contributed by atoms with Crippen molar-refractivity contribution in [2.45, 2.75) is 32.9 Å². The van der Waals surface area contributed by atoms with Crippen molar-refractivity contribution in [1.29, 1.82) is 0 Å². The van der Waals surface area contributed by atoms with Crippen LogP contribution in [0, 0.1) is 0 Å². The third-order valence-corrected chi connectivity index (χ3v) is 2.97. The molecule has 0 bridgehead atoms. The average Bonchev–Trinajstić information content (AvgIpc) is 2.54. The number of nitrogens with zero attached hydrogens (tertiary/aromatic N) is 3. The molecule has 0 aliphatic carbocycles. The van der Waals surface area contributed by atoms with Gasteiger partial charge in [0.2, 0.25) is 5.95 Å². The van der Waals surface area contributed by atoms with E-state index in [4.69, 9.17) is 4.74 Å². The molecular formula is C13H22N4O. The first-order valence-corrected chi connectivity index (χ1v) is 6.67. The summed E-state index contributed by atoms with van der Waals surface area (Å²) in [6.07, 6.45) is 3.22. The second-order valence-electron chi connectivity index (χ2n) is 4.67. The van der Waals surface area contributed by atoms with Crippen molar-refractivity contribution in [1.82, 2.24) is 14.9 Å². The lowest BCUT2D eigenvalue weighted by atomic mass is 10.3. The Balaban J connectivity index is 1.96. The Kier molecular flexibility index (Phi) is 4.90. The molecule has 100 valence electrons. The molecule has 1 fully saturated rings. The van der Waals surface area contributed by atoms with Gasteiger partial charge in [-0.05, 0) is 26.3 Å². The van der Waals surface area contributed by atoms with Gasteiger partial charge in [-0.25, -0.2) is 9.97 Å². The fraction of sp³-hybridized carbons (Fsp3) is 0.692. The number of rotatable bonds is 4. The highest BCUT2D eigenvalue weighted by Crippen LogP contribution is 2.10. The molecule has 5 heteroatoms. The molecule has 2 heterocycles. The predicted octanol–water partition coefficient (Wildman–Crippen LogP) is 1.52. The van der Waals surface area contributed by atoms with E-state index >= 15 is 0 Å². The Bertz CT molecular complexity index is 372. The summed E-state index contributed by atoms with van der Waals surface area (Å²) < 4.78 is 5.65. The number of aromatic nitrogens is 2. The van der Waals surface area contributed by atoms with E-state index in [9.17, 15) is 0 Å². The van der Waals surface area contributed by atoms with Crippen LogP contribution in [0.3, 0.4) is 0 Å². The zero-order valence-electron chi connectivity index (χ0n) is 11.2. The smallest absolute Gasteiger partial charge is 0.222 e. The number of ether oxygens (including phenoxy) is 1. The van der Waals surface area contributed by atoms with Crippen LogP contribution in [-0.4, -0.2) is 47.2 Å². The van der Waals surface area contributed by atoms with Gasteiger partial charge in [0.25, 0.3) is 0 Å². The van der Waals surface area contributed by atoms with Crippen LogP contribution in [0.15, 0.2) is 12.3 Å². The molecule has 1 aromatic rings. The Hall–Kier alpha value is -1.20. The molecule has 18 heavy (non-hydrogen) atoms. The van der Waals surface area contributed by atoms with Gasteiger partial charge in [-0.15, -0.1) is 0 Å². The predicted molar refractivity (Wildman–Crippen MR) is 71.5 cm³/mol. The zero-order chi connectivity index (χ0) is 12.8. The molecule has 2 rings (SSSR count). The Morgan fingerprint density at radius 2 is 2.44 bits per heavy atom. The van der Waals surface area contributed by atoms with Crippen LogP contribution in [0.2, 0.25) is 0 Å². The van der Waals surface area contributed by atoms with Crippen LogP contribution in [-0.2, 0) is 11.3 Å². The summed E-state index contributed by atoms with van der Waals surface area (Å²) in [5.41, 5.74) is 1.06. The highest BCUT2D eigenvalue weighted by molar-refractivity contribution is 5.24. The van der Waals surface area contributed by atoms with Gasteiger partial charge >= 0.3 is 0 Å². The summed E-state index contributed by atoms with van der Waals surface area (Å²) in [5.74, 6) is 0.717. The number of hydrogen-bond acceptors (Lipinski definition) is 5. The van der Waals surface area contributed by atoms with Crippen molar-refractivity contribution in [3.8, 4) is 0 Å². The fourth-order valence-corrected chi connectivity index (χ4v) is 2.18. The fourth-order valence-electron chi connectivity index (χ4n) is 2.18. The Morgan fingerprint density at radius 1 is 1.56 bits per heavy atom. The van der Waals surface area contributed by atoms with Gasteiger partial charge in [0.1, 0.15) is 0 Å². The van der Waals surface area contributed by atoms with Gasteiger partial charge in [-0.3, -0.25) is 4.90 Å². The minimum atomic E-state index is 0.308. The molecule has 1 atom stereocenters. The number of hydrogen-bond donors (Lipinski definition) is 1. The molecule has 1 aliphatic heterocycles. The third kappa shape index (κ3) is 3.92. The third-order valence-electron chi connectivity index (χ3n) is 2.97. The number of anilines is 1. The second-order valence-corrected chi connectivity index (χ2v) is 4.67. The lowest BCUT2D eigenvalue weighted by molar-refractivity contribution is 0.0666. The van der Waals surface area contributed by atoms with Gasteiger partial charge in [0, 0.05) is 39.0 Å². The first kappa shape index (κ1) is 13.2. The quantitative estimate of drug-likeness (QED) is 0.878. The Morgan fingerprint density at radius 3 is 3.28 bits per heavy atom. The lowest BCUT2D eigenvalue weighted by Crippen LogP contribution is -2.30. The van der Waals surface area contributed by atoms with E-state index in [1.165, 1.54) is 0 Å². The highest BCUT2D eigenvalue weighted by atomic mass is 16.5. The maximum absolute atomic E-state index is 5.65. The van der Waals surface area contributed by atoms with Crippen molar-refractivity contribution in [3.63, 3.8) is 0 Å². The summed E-state index contributed by atoms with van der Waals surface area (Å²) in [6.45, 7) is 8.80. The first-order chi connectivity index (χ1) is 8.78. The average molecular weight is 250 g/mol.